The first-order chi connectivity index (χ1) is 7.38. The number of benzene rings is 1. The summed E-state index contributed by atoms with van der Waals surface area (Å²) >= 11 is 0. The molecule has 1 unspecified atom stereocenters. The Balaban J connectivity index is 2.02. The van der Waals surface area contributed by atoms with Crippen molar-refractivity contribution >= 4 is 0 Å². The van der Waals surface area contributed by atoms with Crippen molar-refractivity contribution in [3.63, 3.8) is 0 Å². The molecule has 0 saturated carbocycles. The molecule has 15 heavy (non-hydrogen) atoms. The maximum Gasteiger partial charge on any atom is 0.126 e. The maximum atomic E-state index is 9.12. The molecule has 0 spiro atoms. The minimum absolute atomic E-state index is 0.00609. The average Bonchev–Trinajstić information content (AvgIpc) is 2.72. The largest absolute Gasteiger partial charge is 0.487 e. The molecule has 0 amide bonds. The summed E-state index contributed by atoms with van der Waals surface area (Å²) in [7, 11) is 0. The van der Waals surface area contributed by atoms with E-state index < -0.39 is 0 Å². The number of ether oxygens (including phenoxy) is 1. The molecule has 80 valence electrons. The molecule has 0 radical (unpaired) electrons. The molecule has 1 aromatic rings. The van der Waals surface area contributed by atoms with Crippen molar-refractivity contribution in [2.45, 2.75) is 38.2 Å². The molecule has 0 bridgehead atoms. The third-order valence-electron chi connectivity index (χ3n) is 3.54. The summed E-state index contributed by atoms with van der Waals surface area (Å²) in [5.41, 5.74) is 4.38. The van der Waals surface area contributed by atoms with E-state index in [0.29, 0.717) is 0 Å². The minimum atomic E-state index is -0.00609. The van der Waals surface area contributed by atoms with Crippen LogP contribution in [-0.2, 0) is 19.3 Å². The SMILES string of the molecule is OCC1Cc2c(ccc3c2CCCC3)O1. The first kappa shape index (κ1) is 9.22. The quantitative estimate of drug-likeness (QED) is 0.756. The summed E-state index contributed by atoms with van der Waals surface area (Å²) in [6, 6.07) is 4.28. The molecular weight excluding hydrogens is 188 g/mol. The zero-order valence-corrected chi connectivity index (χ0v) is 8.83. The van der Waals surface area contributed by atoms with Gasteiger partial charge in [-0.2, -0.15) is 0 Å². The summed E-state index contributed by atoms with van der Waals surface area (Å²) in [4.78, 5) is 0. The minimum Gasteiger partial charge on any atom is -0.487 e. The smallest absolute Gasteiger partial charge is 0.126 e. The summed E-state index contributed by atoms with van der Waals surface area (Å²) in [5.74, 6) is 1.01. The fourth-order valence-electron chi connectivity index (χ4n) is 2.77. The molecule has 2 nitrogen and oxygen atoms in total. The number of aliphatic hydroxyl groups is 1. The van der Waals surface area contributed by atoms with Crippen LogP contribution in [0.5, 0.6) is 5.75 Å². The molecule has 3 rings (SSSR count). The topological polar surface area (TPSA) is 29.5 Å². The zero-order valence-electron chi connectivity index (χ0n) is 8.83. The van der Waals surface area contributed by atoms with Gasteiger partial charge in [-0.05, 0) is 42.9 Å². The predicted octanol–water partition coefficient (Wildman–Crippen LogP) is 1.86. The van der Waals surface area contributed by atoms with E-state index in [2.05, 4.69) is 12.1 Å². The van der Waals surface area contributed by atoms with Crippen LogP contribution in [0.2, 0.25) is 0 Å². The van der Waals surface area contributed by atoms with Crippen LogP contribution < -0.4 is 4.74 Å². The summed E-state index contributed by atoms with van der Waals surface area (Å²) in [6.45, 7) is 0.128. The van der Waals surface area contributed by atoms with Gasteiger partial charge in [0.25, 0.3) is 0 Å². The Morgan fingerprint density at radius 1 is 1.20 bits per heavy atom. The fourth-order valence-corrected chi connectivity index (χ4v) is 2.77. The molecule has 2 heteroatoms. The van der Waals surface area contributed by atoms with Crippen molar-refractivity contribution in [1.82, 2.24) is 0 Å². The number of aliphatic hydroxyl groups excluding tert-OH is 1. The molecule has 0 fully saturated rings. The Labute approximate surface area is 89.9 Å². The van der Waals surface area contributed by atoms with E-state index in [1.54, 1.807) is 0 Å². The summed E-state index contributed by atoms with van der Waals surface area (Å²) in [5, 5.41) is 9.12. The number of aryl methyl sites for hydroxylation is 1. The number of fused-ring (bicyclic) bond motifs is 3. The molecule has 1 heterocycles. The van der Waals surface area contributed by atoms with Gasteiger partial charge in [-0.25, -0.2) is 0 Å². The molecule has 1 aliphatic heterocycles. The van der Waals surface area contributed by atoms with Crippen molar-refractivity contribution in [3.8, 4) is 5.75 Å². The highest BCUT2D eigenvalue weighted by atomic mass is 16.5. The van der Waals surface area contributed by atoms with Crippen LogP contribution in [0.25, 0.3) is 0 Å². The van der Waals surface area contributed by atoms with Gasteiger partial charge >= 0.3 is 0 Å². The lowest BCUT2D eigenvalue weighted by molar-refractivity contribution is 0.134. The van der Waals surface area contributed by atoms with Crippen LogP contribution in [0.4, 0.5) is 0 Å². The average molecular weight is 204 g/mol. The van der Waals surface area contributed by atoms with Gasteiger partial charge in [0.2, 0.25) is 0 Å². The molecule has 0 saturated heterocycles. The van der Waals surface area contributed by atoms with Gasteiger partial charge < -0.3 is 9.84 Å². The Bertz CT molecular complexity index is 384. The van der Waals surface area contributed by atoms with Gasteiger partial charge in [0.1, 0.15) is 11.9 Å². The van der Waals surface area contributed by atoms with Crippen LogP contribution in [0.3, 0.4) is 0 Å². The zero-order chi connectivity index (χ0) is 10.3. The molecular formula is C13H16O2. The fraction of sp³-hybridized carbons (Fsp3) is 0.538. The highest BCUT2D eigenvalue weighted by Crippen LogP contribution is 2.36. The second-order valence-electron chi connectivity index (χ2n) is 4.51. The van der Waals surface area contributed by atoms with Crippen LogP contribution >= 0.6 is 0 Å². The van der Waals surface area contributed by atoms with E-state index >= 15 is 0 Å². The van der Waals surface area contributed by atoms with E-state index in [4.69, 9.17) is 9.84 Å². The summed E-state index contributed by atoms with van der Waals surface area (Å²) in [6.07, 6.45) is 5.92. The van der Waals surface area contributed by atoms with E-state index in [1.165, 1.54) is 42.4 Å². The number of hydrogen-bond acceptors (Lipinski definition) is 2. The first-order valence-corrected chi connectivity index (χ1v) is 5.79. The van der Waals surface area contributed by atoms with Crippen molar-refractivity contribution in [2.75, 3.05) is 6.61 Å². The molecule has 1 aliphatic carbocycles. The lowest BCUT2D eigenvalue weighted by atomic mass is 9.87. The van der Waals surface area contributed by atoms with Crippen molar-refractivity contribution in [3.05, 3.63) is 28.8 Å². The van der Waals surface area contributed by atoms with E-state index in [9.17, 15) is 0 Å². The highest BCUT2D eigenvalue weighted by molar-refractivity contribution is 5.48. The monoisotopic (exact) mass is 204 g/mol. The Hall–Kier alpha value is -1.02. The van der Waals surface area contributed by atoms with Crippen molar-refractivity contribution in [2.24, 2.45) is 0 Å². The summed E-state index contributed by atoms with van der Waals surface area (Å²) < 4.78 is 5.67. The molecule has 2 aliphatic rings. The lowest BCUT2D eigenvalue weighted by Gasteiger charge is -2.17. The lowest BCUT2D eigenvalue weighted by Crippen LogP contribution is -2.17. The van der Waals surface area contributed by atoms with Gasteiger partial charge in [-0.1, -0.05) is 6.07 Å². The Kier molecular flexibility index (Phi) is 2.17. The second kappa shape index (κ2) is 3.53. The predicted molar refractivity (Wildman–Crippen MR) is 58.3 cm³/mol. The van der Waals surface area contributed by atoms with Gasteiger partial charge in [-0.15, -0.1) is 0 Å². The third-order valence-corrected chi connectivity index (χ3v) is 3.54. The van der Waals surface area contributed by atoms with Crippen LogP contribution in [-0.4, -0.2) is 17.8 Å². The normalized spacial score (nSPS) is 23.1. The second-order valence-corrected chi connectivity index (χ2v) is 4.51. The van der Waals surface area contributed by atoms with Gasteiger partial charge in [-0.3, -0.25) is 0 Å². The first-order valence-electron chi connectivity index (χ1n) is 5.79. The molecule has 0 aromatic heterocycles. The van der Waals surface area contributed by atoms with E-state index in [0.717, 1.165) is 12.2 Å². The van der Waals surface area contributed by atoms with Gasteiger partial charge in [0.05, 0.1) is 6.61 Å². The van der Waals surface area contributed by atoms with Crippen LogP contribution in [0, 0.1) is 0 Å². The van der Waals surface area contributed by atoms with Crippen molar-refractivity contribution in [1.29, 1.82) is 0 Å². The Morgan fingerprint density at radius 2 is 2.07 bits per heavy atom. The highest BCUT2D eigenvalue weighted by Gasteiger charge is 2.26. The van der Waals surface area contributed by atoms with Gasteiger partial charge in [0.15, 0.2) is 0 Å². The number of hydrogen-bond donors (Lipinski definition) is 1. The van der Waals surface area contributed by atoms with Crippen LogP contribution in [0.15, 0.2) is 12.1 Å². The van der Waals surface area contributed by atoms with Gasteiger partial charge in [0, 0.05) is 12.0 Å². The van der Waals surface area contributed by atoms with Crippen molar-refractivity contribution < 1.29 is 9.84 Å². The van der Waals surface area contributed by atoms with Crippen LogP contribution in [0.1, 0.15) is 29.5 Å². The third kappa shape index (κ3) is 1.44. The molecule has 1 aromatic carbocycles. The van der Waals surface area contributed by atoms with E-state index in [1.807, 2.05) is 0 Å². The molecule has 1 atom stereocenters. The number of rotatable bonds is 1. The van der Waals surface area contributed by atoms with E-state index in [-0.39, 0.29) is 12.7 Å². The standard InChI is InChI=1S/C13H16O2/c14-8-10-7-12-11-4-2-1-3-9(11)5-6-13(12)15-10/h5-6,10,14H,1-4,7-8H2. The maximum absolute atomic E-state index is 9.12. The molecule has 1 N–H and O–H groups in total. The Morgan fingerprint density at radius 3 is 2.93 bits per heavy atom.